The monoisotopic (exact) mass is 422 g/mol. The Morgan fingerprint density at radius 3 is 2.82 bits per heavy atom. The van der Waals surface area contributed by atoms with Gasteiger partial charge in [-0.2, -0.15) is 0 Å². The summed E-state index contributed by atoms with van der Waals surface area (Å²) in [7, 11) is 0. The molecule has 4 heterocycles. The molecule has 0 bridgehead atoms. The second kappa shape index (κ2) is 8.61. The second-order valence-corrected chi connectivity index (χ2v) is 8.82. The molecule has 0 radical (unpaired) electrons. The van der Waals surface area contributed by atoms with E-state index in [2.05, 4.69) is 39.3 Å². The van der Waals surface area contributed by atoms with Crippen molar-refractivity contribution < 1.29 is 4.79 Å². The molecular formula is C19H27ClN6OS. The first-order valence-electron chi connectivity index (χ1n) is 9.85. The molecule has 9 heteroatoms. The lowest BCUT2D eigenvalue weighted by Crippen LogP contribution is -2.55. The molecule has 1 amide bonds. The number of piperazine rings is 1. The van der Waals surface area contributed by atoms with Crippen molar-refractivity contribution in [2.45, 2.75) is 25.0 Å². The number of carbonyl (C=O) groups is 1. The zero-order valence-electron chi connectivity index (χ0n) is 15.8. The van der Waals surface area contributed by atoms with Gasteiger partial charge in [0.05, 0.1) is 16.8 Å². The number of nitrogens with one attached hydrogen (secondary N) is 3. The van der Waals surface area contributed by atoms with Gasteiger partial charge in [0.1, 0.15) is 11.0 Å². The number of halogens is 1. The highest BCUT2D eigenvalue weighted by Crippen LogP contribution is 2.24. The maximum atomic E-state index is 13.0. The van der Waals surface area contributed by atoms with Crippen molar-refractivity contribution >= 4 is 39.9 Å². The summed E-state index contributed by atoms with van der Waals surface area (Å²) in [6, 6.07) is 8.62. The molecule has 3 unspecified atom stereocenters. The van der Waals surface area contributed by atoms with E-state index in [1.807, 2.05) is 11.0 Å². The number of hydrogen-bond acceptors (Lipinski definition) is 7. The summed E-state index contributed by atoms with van der Waals surface area (Å²) in [5.41, 5.74) is 7.67. The third-order valence-electron chi connectivity index (χ3n) is 6.03. The Kier molecular flexibility index (Phi) is 6.15. The molecule has 3 aliphatic heterocycles. The minimum Gasteiger partial charge on any atom is -0.339 e. The summed E-state index contributed by atoms with van der Waals surface area (Å²) >= 11 is 1.77. The maximum Gasteiger partial charge on any atom is 0.241 e. The largest absolute Gasteiger partial charge is 0.339 e. The van der Waals surface area contributed by atoms with Gasteiger partial charge in [-0.05, 0) is 25.1 Å². The van der Waals surface area contributed by atoms with Gasteiger partial charge in [-0.15, -0.1) is 23.7 Å². The van der Waals surface area contributed by atoms with Crippen LogP contribution in [-0.4, -0.2) is 72.0 Å². The first-order chi connectivity index (χ1) is 13.3. The number of piperidine rings is 1. The zero-order valence-corrected chi connectivity index (χ0v) is 17.4. The molecule has 7 nitrogen and oxygen atoms in total. The topological polar surface area (TPSA) is 72.5 Å². The van der Waals surface area contributed by atoms with Crippen molar-refractivity contribution in [3.8, 4) is 0 Å². The number of rotatable bonds is 3. The number of benzene rings is 1. The lowest BCUT2D eigenvalue weighted by Gasteiger charge is -2.37. The van der Waals surface area contributed by atoms with Gasteiger partial charge in [0.15, 0.2) is 0 Å². The van der Waals surface area contributed by atoms with E-state index in [0.717, 1.165) is 62.8 Å². The first kappa shape index (κ1) is 20.0. The number of aromatic nitrogens is 1. The van der Waals surface area contributed by atoms with E-state index in [1.165, 1.54) is 4.70 Å². The maximum absolute atomic E-state index is 13.0. The minimum atomic E-state index is -0.0985. The molecule has 152 valence electrons. The molecule has 3 aliphatic rings. The van der Waals surface area contributed by atoms with Crippen LogP contribution in [0.15, 0.2) is 24.3 Å². The Morgan fingerprint density at radius 1 is 1.18 bits per heavy atom. The number of para-hydroxylation sites is 1. The summed E-state index contributed by atoms with van der Waals surface area (Å²) in [5, 5.41) is 4.59. The van der Waals surface area contributed by atoms with E-state index in [4.69, 9.17) is 4.98 Å². The van der Waals surface area contributed by atoms with Crippen LogP contribution in [0, 0.1) is 5.92 Å². The fourth-order valence-corrected chi connectivity index (χ4v) is 5.47. The molecule has 2 aromatic rings. The quantitative estimate of drug-likeness (QED) is 0.680. The Morgan fingerprint density at radius 2 is 2.00 bits per heavy atom. The van der Waals surface area contributed by atoms with Crippen molar-refractivity contribution in [1.29, 1.82) is 0 Å². The fourth-order valence-electron chi connectivity index (χ4n) is 4.46. The van der Waals surface area contributed by atoms with Crippen molar-refractivity contribution in [3.05, 3.63) is 29.3 Å². The van der Waals surface area contributed by atoms with Gasteiger partial charge >= 0.3 is 0 Å². The molecule has 1 aromatic carbocycles. The van der Waals surface area contributed by atoms with Crippen molar-refractivity contribution in [2.75, 3.05) is 39.3 Å². The number of amides is 1. The predicted octanol–water partition coefficient (Wildman–Crippen LogP) is 0.817. The Labute approximate surface area is 175 Å². The number of thiazole rings is 1. The highest BCUT2D eigenvalue weighted by Gasteiger charge is 2.43. The van der Waals surface area contributed by atoms with E-state index >= 15 is 0 Å². The lowest BCUT2D eigenvalue weighted by atomic mass is 9.89. The van der Waals surface area contributed by atoms with E-state index in [1.54, 1.807) is 11.3 Å². The van der Waals surface area contributed by atoms with Crippen LogP contribution in [0.3, 0.4) is 0 Å². The molecule has 5 rings (SSSR count). The summed E-state index contributed by atoms with van der Waals surface area (Å²) in [4.78, 5) is 22.2. The SMILES string of the molecule is Cl.O=C(C1NNC2CCNCC21)N1CCN(Cc2nc3ccccc3s2)CC1. The van der Waals surface area contributed by atoms with Crippen LogP contribution in [-0.2, 0) is 11.3 Å². The van der Waals surface area contributed by atoms with E-state index in [9.17, 15) is 4.79 Å². The van der Waals surface area contributed by atoms with Gasteiger partial charge in [0, 0.05) is 44.7 Å². The van der Waals surface area contributed by atoms with Crippen LogP contribution in [0.4, 0.5) is 0 Å². The average Bonchev–Trinajstić information content (AvgIpc) is 3.31. The summed E-state index contributed by atoms with van der Waals surface area (Å²) < 4.78 is 1.25. The van der Waals surface area contributed by atoms with Gasteiger partial charge in [0.25, 0.3) is 0 Å². The average molecular weight is 423 g/mol. The molecule has 3 N–H and O–H groups in total. The van der Waals surface area contributed by atoms with E-state index < -0.39 is 0 Å². The number of fused-ring (bicyclic) bond motifs is 2. The number of carbonyl (C=O) groups excluding carboxylic acids is 1. The van der Waals surface area contributed by atoms with Crippen LogP contribution in [0.1, 0.15) is 11.4 Å². The number of nitrogens with zero attached hydrogens (tertiary/aromatic N) is 3. The Bertz CT molecular complexity index is 791. The molecule has 3 saturated heterocycles. The summed E-state index contributed by atoms with van der Waals surface area (Å²) in [5.74, 6) is 0.602. The molecule has 3 fully saturated rings. The molecule has 28 heavy (non-hydrogen) atoms. The van der Waals surface area contributed by atoms with Gasteiger partial charge in [-0.1, -0.05) is 12.1 Å². The Hall–Kier alpha value is -1.29. The predicted molar refractivity (Wildman–Crippen MR) is 114 cm³/mol. The summed E-state index contributed by atoms with van der Waals surface area (Å²) in [6.45, 7) is 6.24. The second-order valence-electron chi connectivity index (χ2n) is 7.71. The van der Waals surface area contributed by atoms with Gasteiger partial charge in [0.2, 0.25) is 5.91 Å². The highest BCUT2D eigenvalue weighted by atomic mass is 35.5. The highest BCUT2D eigenvalue weighted by molar-refractivity contribution is 7.18. The van der Waals surface area contributed by atoms with E-state index in [-0.39, 0.29) is 24.4 Å². The van der Waals surface area contributed by atoms with Crippen LogP contribution in [0.25, 0.3) is 10.2 Å². The zero-order chi connectivity index (χ0) is 18.2. The lowest BCUT2D eigenvalue weighted by molar-refractivity contribution is -0.136. The van der Waals surface area contributed by atoms with Gasteiger partial charge in [-0.3, -0.25) is 15.1 Å². The van der Waals surface area contributed by atoms with Crippen LogP contribution >= 0.6 is 23.7 Å². The van der Waals surface area contributed by atoms with E-state index in [0.29, 0.717) is 12.0 Å². The first-order valence-corrected chi connectivity index (χ1v) is 10.7. The molecule has 0 saturated carbocycles. The van der Waals surface area contributed by atoms with Gasteiger partial charge in [-0.25, -0.2) is 10.4 Å². The van der Waals surface area contributed by atoms with Crippen LogP contribution in [0.2, 0.25) is 0 Å². The molecule has 3 atom stereocenters. The number of hydrazine groups is 1. The van der Waals surface area contributed by atoms with Crippen LogP contribution in [0.5, 0.6) is 0 Å². The van der Waals surface area contributed by atoms with Crippen molar-refractivity contribution in [3.63, 3.8) is 0 Å². The molecule has 1 aromatic heterocycles. The van der Waals surface area contributed by atoms with Crippen LogP contribution < -0.4 is 16.2 Å². The fraction of sp³-hybridized carbons (Fsp3) is 0.579. The molecule has 0 spiro atoms. The molecular weight excluding hydrogens is 396 g/mol. The summed E-state index contributed by atoms with van der Waals surface area (Å²) in [6.07, 6.45) is 1.08. The van der Waals surface area contributed by atoms with Crippen molar-refractivity contribution in [2.24, 2.45) is 5.92 Å². The number of hydrogen-bond donors (Lipinski definition) is 3. The van der Waals surface area contributed by atoms with Gasteiger partial charge < -0.3 is 10.2 Å². The normalized spacial score (nSPS) is 28.1. The standard InChI is InChI=1S/C19H26N6OS.ClH/c26-19(18-13-11-20-6-5-14(13)22-23-18)25-9-7-24(8-10-25)12-17-21-15-3-1-2-4-16(15)27-17;/h1-4,13-14,18,20,22-23H,5-12H2;1H. The smallest absolute Gasteiger partial charge is 0.241 e. The Balaban J connectivity index is 0.00000192. The van der Waals surface area contributed by atoms with Crippen molar-refractivity contribution in [1.82, 2.24) is 31.0 Å². The minimum absolute atomic E-state index is 0. The third-order valence-corrected chi connectivity index (χ3v) is 7.05. The third kappa shape index (κ3) is 3.90. The molecule has 0 aliphatic carbocycles.